The summed E-state index contributed by atoms with van der Waals surface area (Å²) in [7, 11) is 2.10. The van der Waals surface area contributed by atoms with Gasteiger partial charge in [0, 0.05) is 40.7 Å². The van der Waals surface area contributed by atoms with Gasteiger partial charge in [0.15, 0.2) is 6.73 Å². The highest BCUT2D eigenvalue weighted by Crippen LogP contribution is 2.41. The van der Waals surface area contributed by atoms with Gasteiger partial charge in [-0.1, -0.05) is 108 Å². The lowest BCUT2D eigenvalue weighted by Gasteiger charge is -2.35. The SMILES string of the molecule is CCc1cc(Cc2ccc(N3COc4ccc(C(C)(C)c5cccc(C(C)(C)c6ccc7c(c6)CN(C)CO7)c5)cc4C3)c(CC)c2)ccc1C. The van der Waals surface area contributed by atoms with Gasteiger partial charge in [0.2, 0.25) is 0 Å². The van der Waals surface area contributed by atoms with E-state index in [-0.39, 0.29) is 10.8 Å². The number of hydrogen-bond donors (Lipinski definition) is 0. The van der Waals surface area contributed by atoms with E-state index in [1.54, 1.807) is 0 Å². The summed E-state index contributed by atoms with van der Waals surface area (Å²) < 4.78 is 12.4. The third kappa shape index (κ3) is 6.91. The van der Waals surface area contributed by atoms with Crippen LogP contribution >= 0.6 is 0 Å². The Morgan fingerprint density at radius 2 is 1.14 bits per heavy atom. The van der Waals surface area contributed by atoms with Crippen LogP contribution < -0.4 is 14.4 Å². The van der Waals surface area contributed by atoms with Crippen LogP contribution in [0.1, 0.15) is 103 Å². The predicted molar refractivity (Wildman–Crippen MR) is 211 cm³/mol. The van der Waals surface area contributed by atoms with E-state index in [4.69, 9.17) is 9.47 Å². The maximum atomic E-state index is 6.40. The molecule has 2 heterocycles. The summed E-state index contributed by atoms with van der Waals surface area (Å²) in [5.41, 5.74) is 15.6. The van der Waals surface area contributed by atoms with Gasteiger partial charge in [-0.2, -0.15) is 0 Å². The van der Waals surface area contributed by atoms with E-state index in [1.165, 1.54) is 66.9 Å². The molecule has 0 amide bonds. The summed E-state index contributed by atoms with van der Waals surface area (Å²) in [6.07, 6.45) is 3.01. The van der Waals surface area contributed by atoms with Crippen LogP contribution in [-0.2, 0) is 43.2 Å². The van der Waals surface area contributed by atoms with Crippen molar-refractivity contribution in [1.82, 2.24) is 4.90 Å². The van der Waals surface area contributed by atoms with Gasteiger partial charge in [-0.3, -0.25) is 4.90 Å². The molecule has 0 spiro atoms. The summed E-state index contributed by atoms with van der Waals surface area (Å²) in [5, 5.41) is 0. The molecule has 2 aliphatic heterocycles. The standard InChI is InChI=1S/C47H54N2O2/c1-9-35-23-33(15-14-32(35)3)22-34-16-19-43(36(10-2)24-34)49-29-38-26-42(18-21-45(38)51-31-49)47(6,7)40-13-11-12-39(27-40)46(4,5)41-17-20-44-37(25-41)28-48(8)30-50-44/h11-21,23-27H,9-10,22,28-31H2,1-8H3. The van der Waals surface area contributed by atoms with Gasteiger partial charge < -0.3 is 14.4 Å². The smallest absolute Gasteiger partial charge is 0.161 e. The molecule has 0 aromatic heterocycles. The highest BCUT2D eigenvalue weighted by atomic mass is 16.5. The van der Waals surface area contributed by atoms with Crippen molar-refractivity contribution in [3.05, 3.63) is 158 Å². The summed E-state index contributed by atoms with van der Waals surface area (Å²) in [6, 6.07) is 36.7. The van der Waals surface area contributed by atoms with E-state index in [0.29, 0.717) is 13.5 Å². The van der Waals surface area contributed by atoms with Gasteiger partial charge in [0.05, 0.1) is 0 Å². The third-order valence-corrected chi connectivity index (χ3v) is 11.6. The minimum atomic E-state index is -0.195. The van der Waals surface area contributed by atoms with E-state index >= 15 is 0 Å². The Morgan fingerprint density at radius 1 is 0.588 bits per heavy atom. The molecule has 5 aromatic carbocycles. The molecule has 2 aliphatic rings. The third-order valence-electron chi connectivity index (χ3n) is 11.6. The zero-order valence-electron chi connectivity index (χ0n) is 31.9. The van der Waals surface area contributed by atoms with Crippen molar-refractivity contribution in [2.75, 3.05) is 25.4 Å². The van der Waals surface area contributed by atoms with Gasteiger partial charge in [0.1, 0.15) is 18.2 Å². The number of rotatable bonds is 9. The lowest BCUT2D eigenvalue weighted by Crippen LogP contribution is -2.33. The van der Waals surface area contributed by atoms with Crippen molar-refractivity contribution >= 4 is 5.69 Å². The molecule has 0 bridgehead atoms. The number of nitrogens with zero attached hydrogens (tertiary/aromatic N) is 2. The van der Waals surface area contributed by atoms with Crippen molar-refractivity contribution in [2.45, 2.75) is 91.6 Å². The van der Waals surface area contributed by atoms with Crippen molar-refractivity contribution in [2.24, 2.45) is 0 Å². The van der Waals surface area contributed by atoms with E-state index in [0.717, 1.165) is 43.9 Å². The number of ether oxygens (including phenoxy) is 2. The van der Waals surface area contributed by atoms with Crippen molar-refractivity contribution < 1.29 is 9.47 Å². The first-order chi connectivity index (χ1) is 24.5. The average Bonchev–Trinajstić information content (AvgIpc) is 3.14. The Bertz CT molecular complexity index is 2060. The lowest BCUT2D eigenvalue weighted by molar-refractivity contribution is 0.121. The van der Waals surface area contributed by atoms with Crippen molar-refractivity contribution in [3.63, 3.8) is 0 Å². The van der Waals surface area contributed by atoms with Gasteiger partial charge in [0.25, 0.3) is 0 Å². The molecular formula is C47H54N2O2. The first-order valence-electron chi connectivity index (χ1n) is 18.7. The molecule has 51 heavy (non-hydrogen) atoms. The topological polar surface area (TPSA) is 24.9 Å². The summed E-state index contributed by atoms with van der Waals surface area (Å²) >= 11 is 0. The van der Waals surface area contributed by atoms with Crippen LogP contribution in [0.4, 0.5) is 5.69 Å². The number of aryl methyl sites for hydroxylation is 3. The molecule has 0 aliphatic carbocycles. The van der Waals surface area contributed by atoms with Crippen LogP contribution in [0, 0.1) is 6.92 Å². The molecule has 4 heteroatoms. The predicted octanol–water partition coefficient (Wildman–Crippen LogP) is 10.5. The van der Waals surface area contributed by atoms with E-state index in [9.17, 15) is 0 Å². The van der Waals surface area contributed by atoms with Crippen LogP contribution in [0.25, 0.3) is 0 Å². The van der Waals surface area contributed by atoms with E-state index < -0.39 is 0 Å². The highest BCUT2D eigenvalue weighted by Gasteiger charge is 2.30. The highest BCUT2D eigenvalue weighted by molar-refractivity contribution is 5.58. The zero-order chi connectivity index (χ0) is 35.9. The maximum absolute atomic E-state index is 6.40. The number of anilines is 1. The quantitative estimate of drug-likeness (QED) is 0.155. The van der Waals surface area contributed by atoms with Gasteiger partial charge >= 0.3 is 0 Å². The average molecular weight is 679 g/mol. The fourth-order valence-corrected chi connectivity index (χ4v) is 7.96. The molecule has 0 saturated carbocycles. The Labute approximate surface area is 306 Å². The van der Waals surface area contributed by atoms with Gasteiger partial charge in [-0.25, -0.2) is 0 Å². The monoisotopic (exact) mass is 678 g/mol. The van der Waals surface area contributed by atoms with E-state index in [1.807, 2.05) is 0 Å². The first-order valence-corrected chi connectivity index (χ1v) is 18.7. The minimum Gasteiger partial charge on any atom is -0.478 e. The molecule has 5 aromatic rings. The molecule has 0 radical (unpaired) electrons. The van der Waals surface area contributed by atoms with Crippen molar-refractivity contribution in [3.8, 4) is 11.5 Å². The maximum Gasteiger partial charge on any atom is 0.161 e. The second kappa shape index (κ2) is 13.9. The van der Waals surface area contributed by atoms with Crippen LogP contribution in [0.2, 0.25) is 0 Å². The van der Waals surface area contributed by atoms with E-state index in [2.05, 4.69) is 162 Å². The second-order valence-electron chi connectivity index (χ2n) is 15.8. The molecule has 4 nitrogen and oxygen atoms in total. The lowest BCUT2D eigenvalue weighted by atomic mass is 9.73. The number of hydrogen-bond acceptors (Lipinski definition) is 4. The van der Waals surface area contributed by atoms with Crippen LogP contribution in [0.15, 0.2) is 97.1 Å². The number of benzene rings is 5. The molecule has 0 N–H and O–H groups in total. The molecule has 0 unspecified atom stereocenters. The normalized spacial score (nSPS) is 14.8. The summed E-state index contributed by atoms with van der Waals surface area (Å²) in [4.78, 5) is 4.60. The Hall–Kier alpha value is -4.54. The Balaban J connectivity index is 1.12. The van der Waals surface area contributed by atoms with Gasteiger partial charge in [-0.05, 0) is 114 Å². The van der Waals surface area contributed by atoms with Crippen LogP contribution in [0.3, 0.4) is 0 Å². The second-order valence-corrected chi connectivity index (χ2v) is 15.8. The molecule has 7 rings (SSSR count). The minimum absolute atomic E-state index is 0.160. The van der Waals surface area contributed by atoms with Crippen molar-refractivity contribution in [1.29, 1.82) is 0 Å². The summed E-state index contributed by atoms with van der Waals surface area (Å²) in [5.74, 6) is 1.99. The van der Waals surface area contributed by atoms with Crippen LogP contribution in [-0.4, -0.2) is 25.4 Å². The molecule has 0 saturated heterocycles. The summed E-state index contributed by atoms with van der Waals surface area (Å²) in [6.45, 7) is 19.0. The fourth-order valence-electron chi connectivity index (χ4n) is 7.96. The largest absolute Gasteiger partial charge is 0.478 e. The molecular weight excluding hydrogens is 625 g/mol. The number of fused-ring (bicyclic) bond motifs is 2. The first kappa shape index (κ1) is 34.9. The molecule has 0 atom stereocenters. The Kier molecular flexibility index (Phi) is 9.50. The van der Waals surface area contributed by atoms with Gasteiger partial charge in [-0.15, -0.1) is 0 Å². The molecule has 264 valence electrons. The fraction of sp³-hybridized carbons (Fsp3) is 0.362. The Morgan fingerprint density at radius 3 is 1.76 bits per heavy atom. The molecule has 0 fully saturated rings. The van der Waals surface area contributed by atoms with Crippen LogP contribution in [0.5, 0.6) is 11.5 Å². The zero-order valence-corrected chi connectivity index (χ0v) is 31.9.